The summed E-state index contributed by atoms with van der Waals surface area (Å²) in [4.78, 5) is 0.171. The lowest BCUT2D eigenvalue weighted by Gasteiger charge is -2.25. The topological polar surface area (TPSA) is 66.4 Å². The van der Waals surface area contributed by atoms with Crippen LogP contribution in [-0.2, 0) is 10.0 Å². The lowest BCUT2D eigenvalue weighted by Crippen LogP contribution is -2.32. The first-order valence-electron chi connectivity index (χ1n) is 8.34. The lowest BCUT2D eigenvalue weighted by molar-refractivity contribution is 0.139. The summed E-state index contributed by atoms with van der Waals surface area (Å²) in [5.41, 5.74) is 2.32. The molecule has 0 saturated heterocycles. The molecule has 26 heavy (non-hydrogen) atoms. The molecule has 3 aromatic carbocycles. The molecule has 134 valence electrons. The fourth-order valence-electron chi connectivity index (χ4n) is 2.77. The number of sulfonamides is 1. The molecule has 0 radical (unpaired) electrons. The third-order valence-electron chi connectivity index (χ3n) is 4.23. The Labute approximate surface area is 154 Å². The number of nitrogens with one attached hydrogen (secondary N) is 1. The van der Waals surface area contributed by atoms with E-state index in [0.717, 1.165) is 5.56 Å². The maximum Gasteiger partial charge on any atom is 0.241 e. The van der Waals surface area contributed by atoms with Crippen molar-refractivity contribution in [3.63, 3.8) is 0 Å². The molecule has 3 rings (SSSR count). The minimum absolute atomic E-state index is 0.171. The zero-order valence-corrected chi connectivity index (χ0v) is 15.2. The summed E-state index contributed by atoms with van der Waals surface area (Å²) in [6.07, 6.45) is -1.01. The van der Waals surface area contributed by atoms with Crippen molar-refractivity contribution in [3.05, 3.63) is 102 Å². The molecule has 4 nitrogen and oxygen atoms in total. The van der Waals surface area contributed by atoms with E-state index >= 15 is 0 Å². The van der Waals surface area contributed by atoms with Gasteiger partial charge in [-0.3, -0.25) is 0 Å². The molecule has 0 bridgehead atoms. The van der Waals surface area contributed by atoms with E-state index in [-0.39, 0.29) is 4.90 Å². The fourth-order valence-corrected chi connectivity index (χ4v) is 4.00. The number of hydrogen-bond acceptors (Lipinski definition) is 3. The predicted molar refractivity (Wildman–Crippen MR) is 102 cm³/mol. The highest BCUT2D eigenvalue weighted by atomic mass is 32.2. The maximum atomic E-state index is 12.8. The van der Waals surface area contributed by atoms with E-state index < -0.39 is 22.2 Å². The Bertz CT molecular complexity index is 940. The first kappa shape index (κ1) is 18.3. The average Bonchev–Trinajstić information content (AvgIpc) is 2.67. The van der Waals surface area contributed by atoms with E-state index in [9.17, 15) is 13.5 Å². The first-order chi connectivity index (χ1) is 12.5. The van der Waals surface area contributed by atoms with Crippen LogP contribution in [-0.4, -0.2) is 13.5 Å². The molecule has 0 spiro atoms. The monoisotopic (exact) mass is 367 g/mol. The molecule has 0 saturated carbocycles. The summed E-state index contributed by atoms with van der Waals surface area (Å²) < 4.78 is 28.3. The van der Waals surface area contributed by atoms with Gasteiger partial charge in [-0.25, -0.2) is 13.1 Å². The van der Waals surface area contributed by atoms with Crippen molar-refractivity contribution in [1.82, 2.24) is 4.72 Å². The largest absolute Gasteiger partial charge is 0.386 e. The normalized spacial score (nSPS) is 13.9. The van der Waals surface area contributed by atoms with Gasteiger partial charge in [0, 0.05) is 0 Å². The summed E-state index contributed by atoms with van der Waals surface area (Å²) in [6, 6.07) is 24.0. The highest BCUT2D eigenvalue weighted by Crippen LogP contribution is 2.30. The van der Waals surface area contributed by atoms with Crippen molar-refractivity contribution in [2.45, 2.75) is 24.0 Å². The van der Waals surface area contributed by atoms with Crippen LogP contribution in [0, 0.1) is 6.92 Å². The summed E-state index contributed by atoms with van der Waals surface area (Å²) in [5, 5.41) is 10.9. The van der Waals surface area contributed by atoms with Gasteiger partial charge in [0.15, 0.2) is 0 Å². The third kappa shape index (κ3) is 4.19. The van der Waals surface area contributed by atoms with E-state index in [1.165, 1.54) is 0 Å². The van der Waals surface area contributed by atoms with E-state index in [1.807, 2.05) is 43.3 Å². The van der Waals surface area contributed by atoms with Crippen LogP contribution in [0.5, 0.6) is 0 Å². The van der Waals surface area contributed by atoms with Crippen molar-refractivity contribution in [2.24, 2.45) is 0 Å². The number of aliphatic hydroxyl groups is 1. The minimum atomic E-state index is -3.79. The van der Waals surface area contributed by atoms with Crippen LogP contribution in [0.3, 0.4) is 0 Å². The summed E-state index contributed by atoms with van der Waals surface area (Å²) in [5.74, 6) is 0. The Morgan fingerprint density at radius 3 is 1.81 bits per heavy atom. The second kappa shape index (κ2) is 7.83. The number of aryl methyl sites for hydroxylation is 1. The van der Waals surface area contributed by atoms with E-state index in [2.05, 4.69) is 4.72 Å². The second-order valence-electron chi connectivity index (χ2n) is 6.18. The summed E-state index contributed by atoms with van der Waals surface area (Å²) in [6.45, 7) is 1.90. The van der Waals surface area contributed by atoms with Crippen LogP contribution in [0.15, 0.2) is 89.8 Å². The van der Waals surface area contributed by atoms with Gasteiger partial charge in [-0.2, -0.15) is 0 Å². The molecule has 5 heteroatoms. The molecular weight excluding hydrogens is 346 g/mol. The number of aliphatic hydroxyl groups excluding tert-OH is 1. The Morgan fingerprint density at radius 2 is 1.27 bits per heavy atom. The van der Waals surface area contributed by atoms with Crippen LogP contribution in [0.4, 0.5) is 0 Å². The van der Waals surface area contributed by atoms with Crippen LogP contribution >= 0.6 is 0 Å². The number of benzene rings is 3. The van der Waals surface area contributed by atoms with E-state index in [1.54, 1.807) is 48.5 Å². The van der Waals surface area contributed by atoms with Gasteiger partial charge in [0.1, 0.15) is 0 Å². The molecule has 0 aliphatic carbocycles. The maximum absolute atomic E-state index is 12.8. The molecule has 2 N–H and O–H groups in total. The van der Waals surface area contributed by atoms with Gasteiger partial charge < -0.3 is 5.11 Å². The van der Waals surface area contributed by atoms with Crippen molar-refractivity contribution in [3.8, 4) is 0 Å². The number of hydrogen-bond donors (Lipinski definition) is 2. The van der Waals surface area contributed by atoms with Crippen molar-refractivity contribution in [2.75, 3.05) is 0 Å². The second-order valence-corrected chi connectivity index (χ2v) is 7.89. The van der Waals surface area contributed by atoms with Gasteiger partial charge >= 0.3 is 0 Å². The lowest BCUT2D eigenvalue weighted by atomic mass is 9.97. The predicted octanol–water partition coefficient (Wildman–Crippen LogP) is 3.75. The van der Waals surface area contributed by atoms with Crippen molar-refractivity contribution < 1.29 is 13.5 Å². The molecular formula is C21H21NO3S. The minimum Gasteiger partial charge on any atom is -0.386 e. The van der Waals surface area contributed by atoms with Gasteiger partial charge in [-0.05, 0) is 30.2 Å². The molecule has 0 heterocycles. The number of rotatable bonds is 6. The summed E-state index contributed by atoms with van der Waals surface area (Å²) >= 11 is 0. The highest BCUT2D eigenvalue weighted by molar-refractivity contribution is 7.89. The zero-order valence-electron chi connectivity index (χ0n) is 14.4. The molecule has 0 aliphatic heterocycles. The van der Waals surface area contributed by atoms with E-state index in [0.29, 0.717) is 11.1 Å². The Morgan fingerprint density at radius 1 is 0.769 bits per heavy atom. The highest BCUT2D eigenvalue weighted by Gasteiger charge is 2.28. The fraction of sp³-hybridized carbons (Fsp3) is 0.143. The van der Waals surface area contributed by atoms with Crippen LogP contribution in [0.2, 0.25) is 0 Å². The Balaban J connectivity index is 1.97. The molecule has 0 aromatic heterocycles. The van der Waals surface area contributed by atoms with Crippen LogP contribution in [0.25, 0.3) is 0 Å². The Kier molecular flexibility index (Phi) is 5.52. The van der Waals surface area contributed by atoms with Crippen LogP contribution in [0.1, 0.15) is 28.8 Å². The van der Waals surface area contributed by atoms with Gasteiger partial charge in [0.25, 0.3) is 0 Å². The van der Waals surface area contributed by atoms with Gasteiger partial charge in [0.05, 0.1) is 17.0 Å². The quantitative estimate of drug-likeness (QED) is 0.697. The smallest absolute Gasteiger partial charge is 0.241 e. The van der Waals surface area contributed by atoms with Crippen LogP contribution < -0.4 is 4.72 Å². The van der Waals surface area contributed by atoms with Gasteiger partial charge in [-0.15, -0.1) is 0 Å². The zero-order chi connectivity index (χ0) is 18.6. The first-order valence-corrected chi connectivity index (χ1v) is 9.83. The molecule has 0 amide bonds. The van der Waals surface area contributed by atoms with E-state index in [4.69, 9.17) is 0 Å². The summed E-state index contributed by atoms with van der Waals surface area (Å²) in [7, 11) is -3.79. The molecule has 0 unspecified atom stereocenters. The van der Waals surface area contributed by atoms with Crippen molar-refractivity contribution >= 4 is 10.0 Å². The average molecular weight is 367 g/mol. The standard InChI is InChI=1S/C21H21NO3S/c1-16-12-14-19(15-13-16)26(24,25)22-20(17-8-4-2-5-9-17)21(23)18-10-6-3-7-11-18/h2-15,20-23H,1H3/t20-,21+/m0/s1. The molecule has 3 aromatic rings. The SMILES string of the molecule is Cc1ccc(S(=O)(=O)N[C@@H](c2ccccc2)[C@H](O)c2ccccc2)cc1. The van der Waals surface area contributed by atoms with Gasteiger partial charge in [-0.1, -0.05) is 78.4 Å². The Hall–Kier alpha value is -2.47. The molecule has 2 atom stereocenters. The molecule has 0 fully saturated rings. The van der Waals surface area contributed by atoms with Gasteiger partial charge in [0.2, 0.25) is 10.0 Å². The third-order valence-corrected chi connectivity index (χ3v) is 5.69. The van der Waals surface area contributed by atoms with Crippen molar-refractivity contribution in [1.29, 1.82) is 0 Å². The molecule has 0 aliphatic rings.